The molecule has 3 amide bonds. The second-order valence-electron chi connectivity index (χ2n) is 9.99. The third-order valence-corrected chi connectivity index (χ3v) is 7.96. The number of para-hydroxylation sites is 1. The largest absolute Gasteiger partial charge is 0.325 e. The third kappa shape index (κ3) is 7.58. The quantitative estimate of drug-likeness (QED) is 0.122. The van der Waals surface area contributed by atoms with Crippen molar-refractivity contribution in [2.75, 3.05) is 10.6 Å². The van der Waals surface area contributed by atoms with Crippen molar-refractivity contribution in [1.29, 1.82) is 0 Å². The van der Waals surface area contributed by atoms with E-state index in [4.69, 9.17) is 0 Å². The Morgan fingerprint density at radius 2 is 1.40 bits per heavy atom. The maximum Gasteiger partial charge on any atom is 0.272 e. The SMILES string of the molecule is Cc1ccccc1NC(=O)C(C)Sc1ccc(NC(=O)/C(=C/c2cccc3ccccc23)NC(=O)c2ccccc2)cc1. The molecule has 0 aliphatic rings. The minimum Gasteiger partial charge on any atom is -0.325 e. The number of aryl methyl sites for hydroxylation is 1. The zero-order chi connectivity index (χ0) is 30.2. The van der Waals surface area contributed by atoms with Gasteiger partial charge in [0.2, 0.25) is 5.91 Å². The van der Waals surface area contributed by atoms with Gasteiger partial charge in [0, 0.05) is 21.8 Å². The van der Waals surface area contributed by atoms with Gasteiger partial charge >= 0.3 is 0 Å². The predicted octanol–water partition coefficient (Wildman–Crippen LogP) is 7.68. The first-order chi connectivity index (χ1) is 20.9. The van der Waals surface area contributed by atoms with Crippen LogP contribution in [0, 0.1) is 6.92 Å². The number of thioether (sulfide) groups is 1. The van der Waals surface area contributed by atoms with Gasteiger partial charge in [0.1, 0.15) is 5.70 Å². The highest BCUT2D eigenvalue weighted by Crippen LogP contribution is 2.27. The average Bonchev–Trinajstić information content (AvgIpc) is 3.03. The Hall–Kier alpha value is -5.14. The summed E-state index contributed by atoms with van der Waals surface area (Å²) in [7, 11) is 0. The first kappa shape index (κ1) is 29.4. The van der Waals surface area contributed by atoms with Gasteiger partial charge in [-0.2, -0.15) is 0 Å². The molecule has 0 radical (unpaired) electrons. The fourth-order valence-electron chi connectivity index (χ4n) is 4.49. The Bertz CT molecular complexity index is 1800. The van der Waals surface area contributed by atoms with Crippen LogP contribution >= 0.6 is 11.8 Å². The van der Waals surface area contributed by atoms with Crippen molar-refractivity contribution in [3.05, 3.63) is 144 Å². The number of rotatable bonds is 9. The molecule has 7 heteroatoms. The highest BCUT2D eigenvalue weighted by molar-refractivity contribution is 8.00. The molecule has 0 aliphatic heterocycles. The van der Waals surface area contributed by atoms with Crippen LogP contribution in [0.15, 0.2) is 132 Å². The van der Waals surface area contributed by atoms with Crippen molar-refractivity contribution in [1.82, 2.24) is 5.32 Å². The number of amides is 3. The zero-order valence-corrected chi connectivity index (χ0v) is 24.7. The molecule has 3 N–H and O–H groups in total. The van der Waals surface area contributed by atoms with E-state index in [2.05, 4.69) is 16.0 Å². The number of carbonyl (C=O) groups is 3. The Kier molecular flexibility index (Phi) is 9.34. The molecule has 43 heavy (non-hydrogen) atoms. The molecule has 5 aromatic carbocycles. The van der Waals surface area contributed by atoms with Gasteiger partial charge in [0.25, 0.3) is 11.8 Å². The summed E-state index contributed by atoms with van der Waals surface area (Å²) in [5, 5.41) is 10.3. The average molecular weight is 586 g/mol. The highest BCUT2D eigenvalue weighted by Gasteiger charge is 2.17. The smallest absolute Gasteiger partial charge is 0.272 e. The van der Waals surface area contributed by atoms with Gasteiger partial charge in [-0.05, 0) is 84.3 Å². The van der Waals surface area contributed by atoms with Crippen LogP contribution in [0.2, 0.25) is 0 Å². The lowest BCUT2D eigenvalue weighted by molar-refractivity contribution is -0.115. The minimum atomic E-state index is -0.455. The molecule has 0 heterocycles. The van der Waals surface area contributed by atoms with Crippen LogP contribution < -0.4 is 16.0 Å². The van der Waals surface area contributed by atoms with Crippen molar-refractivity contribution < 1.29 is 14.4 Å². The molecule has 0 aliphatic carbocycles. The van der Waals surface area contributed by atoms with Crippen molar-refractivity contribution in [2.24, 2.45) is 0 Å². The fraction of sp³-hybridized carbons (Fsp3) is 0.0833. The third-order valence-electron chi connectivity index (χ3n) is 6.85. The van der Waals surface area contributed by atoms with E-state index in [1.54, 1.807) is 42.5 Å². The topological polar surface area (TPSA) is 87.3 Å². The molecule has 0 fully saturated rings. The van der Waals surface area contributed by atoms with Gasteiger partial charge in [0.05, 0.1) is 5.25 Å². The number of benzene rings is 5. The van der Waals surface area contributed by atoms with Crippen LogP contribution in [-0.2, 0) is 9.59 Å². The lowest BCUT2D eigenvalue weighted by Gasteiger charge is -2.14. The van der Waals surface area contributed by atoms with Gasteiger partial charge in [-0.3, -0.25) is 14.4 Å². The molecule has 0 bridgehead atoms. The predicted molar refractivity (Wildman–Crippen MR) is 176 cm³/mol. The van der Waals surface area contributed by atoms with E-state index in [9.17, 15) is 14.4 Å². The maximum absolute atomic E-state index is 13.5. The number of hydrogen-bond acceptors (Lipinski definition) is 4. The van der Waals surface area contributed by atoms with Crippen molar-refractivity contribution in [3.8, 4) is 0 Å². The Morgan fingerprint density at radius 1 is 0.721 bits per heavy atom. The summed E-state index contributed by atoms with van der Waals surface area (Å²) in [6.45, 7) is 3.81. The van der Waals surface area contributed by atoms with E-state index in [1.807, 2.05) is 98.8 Å². The van der Waals surface area contributed by atoms with Crippen LogP contribution in [0.1, 0.15) is 28.4 Å². The first-order valence-electron chi connectivity index (χ1n) is 13.9. The lowest BCUT2D eigenvalue weighted by atomic mass is 10.0. The van der Waals surface area contributed by atoms with Crippen LogP contribution in [0.4, 0.5) is 11.4 Å². The molecule has 214 valence electrons. The van der Waals surface area contributed by atoms with Crippen molar-refractivity contribution in [2.45, 2.75) is 24.0 Å². The summed E-state index contributed by atoms with van der Waals surface area (Å²) < 4.78 is 0. The van der Waals surface area contributed by atoms with E-state index in [0.717, 1.165) is 32.5 Å². The number of hydrogen-bond donors (Lipinski definition) is 3. The van der Waals surface area contributed by atoms with Crippen LogP contribution in [0.5, 0.6) is 0 Å². The van der Waals surface area contributed by atoms with Crippen LogP contribution in [-0.4, -0.2) is 23.0 Å². The molecule has 0 saturated heterocycles. The summed E-state index contributed by atoms with van der Waals surface area (Å²) in [5.41, 5.74) is 3.73. The second-order valence-corrected chi connectivity index (χ2v) is 11.4. The maximum atomic E-state index is 13.5. The molecule has 5 rings (SSSR count). The van der Waals surface area contributed by atoms with Crippen molar-refractivity contribution >= 4 is 57.7 Å². The Morgan fingerprint density at radius 3 is 2.16 bits per heavy atom. The zero-order valence-electron chi connectivity index (χ0n) is 23.8. The first-order valence-corrected chi connectivity index (χ1v) is 14.8. The van der Waals surface area contributed by atoms with Gasteiger partial charge < -0.3 is 16.0 Å². The summed E-state index contributed by atoms with van der Waals surface area (Å²) in [6.07, 6.45) is 1.69. The monoisotopic (exact) mass is 585 g/mol. The Balaban J connectivity index is 1.31. The molecule has 1 unspecified atom stereocenters. The molecule has 0 aromatic heterocycles. The highest BCUT2D eigenvalue weighted by atomic mass is 32.2. The van der Waals surface area contributed by atoms with E-state index in [1.165, 1.54) is 11.8 Å². The number of carbonyl (C=O) groups excluding carboxylic acids is 3. The number of nitrogens with one attached hydrogen (secondary N) is 3. The van der Waals surface area contributed by atoms with Gasteiger partial charge in [-0.15, -0.1) is 11.8 Å². The molecule has 0 spiro atoms. The normalized spacial score (nSPS) is 11.9. The molecular formula is C36H31N3O3S. The molecule has 5 aromatic rings. The molecule has 0 saturated carbocycles. The number of anilines is 2. The summed E-state index contributed by atoms with van der Waals surface area (Å²) in [4.78, 5) is 40.2. The second kappa shape index (κ2) is 13.7. The fourth-order valence-corrected chi connectivity index (χ4v) is 5.36. The standard InChI is InChI=1S/C36H31N3O3S/c1-24-11-6-9-18-32(24)38-34(40)25(2)43-30-21-19-29(20-22-30)37-36(42)33(39-35(41)27-13-4-3-5-14-27)23-28-16-10-15-26-12-7-8-17-31(26)28/h3-23,25H,1-2H3,(H,37,42)(H,38,40)(H,39,41)/b33-23-. The van der Waals surface area contributed by atoms with E-state index in [-0.39, 0.29) is 22.8 Å². The minimum absolute atomic E-state index is 0.0888. The van der Waals surface area contributed by atoms with E-state index < -0.39 is 5.91 Å². The molecule has 6 nitrogen and oxygen atoms in total. The summed E-state index contributed by atoms with van der Waals surface area (Å²) >= 11 is 1.43. The van der Waals surface area contributed by atoms with Gasteiger partial charge in [0.15, 0.2) is 0 Å². The van der Waals surface area contributed by atoms with E-state index in [0.29, 0.717) is 11.3 Å². The molecule has 1 atom stereocenters. The van der Waals surface area contributed by atoms with Gasteiger partial charge in [-0.1, -0.05) is 78.9 Å². The van der Waals surface area contributed by atoms with Crippen LogP contribution in [0.25, 0.3) is 16.8 Å². The van der Waals surface area contributed by atoms with Gasteiger partial charge in [-0.25, -0.2) is 0 Å². The summed E-state index contributed by atoms with van der Waals surface area (Å²) in [5.74, 6) is -0.926. The van der Waals surface area contributed by atoms with Crippen LogP contribution in [0.3, 0.4) is 0 Å². The Labute approximate surface area is 255 Å². The van der Waals surface area contributed by atoms with E-state index >= 15 is 0 Å². The lowest BCUT2D eigenvalue weighted by Crippen LogP contribution is -2.30. The number of fused-ring (bicyclic) bond motifs is 1. The molecular weight excluding hydrogens is 554 g/mol. The summed E-state index contributed by atoms with van der Waals surface area (Å²) in [6, 6.07) is 37.4. The van der Waals surface area contributed by atoms with Crippen molar-refractivity contribution in [3.63, 3.8) is 0 Å².